The second-order valence-corrected chi connectivity index (χ2v) is 7.51. The van der Waals surface area contributed by atoms with Crippen molar-refractivity contribution >= 4 is 17.3 Å². The molecule has 3 heterocycles. The molecule has 0 amide bonds. The third kappa shape index (κ3) is 4.77. The lowest BCUT2D eigenvalue weighted by atomic mass is 10.1. The van der Waals surface area contributed by atoms with Crippen LogP contribution in [-0.2, 0) is 6.61 Å². The van der Waals surface area contributed by atoms with E-state index in [2.05, 4.69) is 56.1 Å². The van der Waals surface area contributed by atoms with Crippen LogP contribution < -0.4 is 21.1 Å². The molecule has 0 unspecified atom stereocenters. The first-order chi connectivity index (χ1) is 14.6. The van der Waals surface area contributed by atoms with Gasteiger partial charge in [0.1, 0.15) is 12.4 Å². The van der Waals surface area contributed by atoms with Crippen LogP contribution in [0, 0.1) is 0 Å². The van der Waals surface area contributed by atoms with Crippen molar-refractivity contribution in [3.05, 3.63) is 54.4 Å². The second kappa shape index (κ2) is 8.96. The van der Waals surface area contributed by atoms with Gasteiger partial charge in [-0.05, 0) is 49.8 Å². The van der Waals surface area contributed by atoms with Crippen molar-refractivity contribution in [3.63, 3.8) is 0 Å². The van der Waals surface area contributed by atoms with E-state index in [1.165, 1.54) is 12.1 Å². The maximum Gasteiger partial charge on any atom is 0.258 e. The quantitative estimate of drug-likeness (QED) is 0.667. The molecule has 0 atom stereocenters. The van der Waals surface area contributed by atoms with Gasteiger partial charge in [-0.1, -0.05) is 12.1 Å². The summed E-state index contributed by atoms with van der Waals surface area (Å²) in [4.78, 5) is 17.6. The number of likely N-dealkylation sites (N-methyl/N-ethyl adjacent to an activating group) is 1. The zero-order valence-electron chi connectivity index (χ0n) is 17.2. The summed E-state index contributed by atoms with van der Waals surface area (Å²) in [6.07, 6.45) is 4.48. The van der Waals surface area contributed by atoms with Crippen LogP contribution >= 0.6 is 0 Å². The van der Waals surface area contributed by atoms with E-state index in [4.69, 9.17) is 16.2 Å². The molecule has 0 radical (unpaired) electrons. The van der Waals surface area contributed by atoms with E-state index in [9.17, 15) is 0 Å². The molecule has 3 aromatic rings. The number of pyridine rings is 1. The summed E-state index contributed by atoms with van der Waals surface area (Å²) in [5.74, 6) is 1.01. The number of anilines is 3. The molecular formula is C22H27N7O. The predicted molar refractivity (Wildman–Crippen MR) is 119 cm³/mol. The Balaban J connectivity index is 1.48. The van der Waals surface area contributed by atoms with E-state index in [1.54, 1.807) is 18.5 Å². The van der Waals surface area contributed by atoms with Gasteiger partial charge < -0.3 is 26.0 Å². The summed E-state index contributed by atoms with van der Waals surface area (Å²) in [7, 11) is 2.18. The molecule has 1 aromatic carbocycles. The number of hydrogen-bond acceptors (Lipinski definition) is 8. The Labute approximate surface area is 176 Å². The molecule has 0 saturated carbocycles. The minimum absolute atomic E-state index is 0.256. The molecule has 0 aliphatic carbocycles. The van der Waals surface area contributed by atoms with Gasteiger partial charge >= 0.3 is 0 Å². The van der Waals surface area contributed by atoms with Gasteiger partial charge in [0.15, 0.2) is 5.82 Å². The van der Waals surface area contributed by atoms with Crippen LogP contribution in [0.15, 0.2) is 48.8 Å². The van der Waals surface area contributed by atoms with Gasteiger partial charge in [-0.15, -0.1) is 0 Å². The van der Waals surface area contributed by atoms with Gasteiger partial charge in [-0.25, -0.2) is 15.0 Å². The van der Waals surface area contributed by atoms with E-state index in [0.29, 0.717) is 11.7 Å². The van der Waals surface area contributed by atoms with Crippen LogP contribution in [-0.4, -0.2) is 53.1 Å². The van der Waals surface area contributed by atoms with Crippen LogP contribution in [0.1, 0.15) is 12.0 Å². The van der Waals surface area contributed by atoms with Crippen LogP contribution in [0.5, 0.6) is 5.88 Å². The maximum atomic E-state index is 5.96. The Kier molecular flexibility index (Phi) is 5.94. The lowest BCUT2D eigenvalue weighted by Gasteiger charge is -2.23. The van der Waals surface area contributed by atoms with Crippen molar-refractivity contribution in [1.82, 2.24) is 19.9 Å². The standard InChI is InChI=1S/C22H27N7O/c1-28-9-2-10-29(12-11-28)18-5-3-17(4-6-18)19-14-26-21(24)22(27-19)30-15-16-7-8-25-20(23)13-16/h3-8,13-14H,2,9-12,15H2,1H3,(H2,23,25)(H2,24,26). The Morgan fingerprint density at radius 2 is 1.83 bits per heavy atom. The number of benzene rings is 1. The molecule has 8 heteroatoms. The SMILES string of the molecule is CN1CCCN(c2ccc(-c3cnc(N)c(OCc4ccnc(N)c4)n3)cc2)CC1. The lowest BCUT2D eigenvalue weighted by molar-refractivity contribution is 0.295. The molecular weight excluding hydrogens is 378 g/mol. The topological polar surface area (TPSA) is 106 Å². The minimum atomic E-state index is 0.256. The van der Waals surface area contributed by atoms with Gasteiger partial charge in [0.2, 0.25) is 0 Å². The van der Waals surface area contributed by atoms with Crippen molar-refractivity contribution in [3.8, 4) is 17.1 Å². The van der Waals surface area contributed by atoms with E-state index in [0.717, 1.165) is 43.0 Å². The van der Waals surface area contributed by atoms with Gasteiger partial charge in [-0.2, -0.15) is 0 Å². The Morgan fingerprint density at radius 1 is 1.00 bits per heavy atom. The van der Waals surface area contributed by atoms with Crippen molar-refractivity contribution in [2.24, 2.45) is 0 Å². The second-order valence-electron chi connectivity index (χ2n) is 7.51. The average molecular weight is 406 g/mol. The van der Waals surface area contributed by atoms with Crippen LogP contribution in [0.4, 0.5) is 17.3 Å². The summed E-state index contributed by atoms with van der Waals surface area (Å²) < 4.78 is 5.79. The Morgan fingerprint density at radius 3 is 2.63 bits per heavy atom. The van der Waals surface area contributed by atoms with Crippen molar-refractivity contribution < 1.29 is 4.74 Å². The summed E-state index contributed by atoms with van der Waals surface area (Å²) in [6, 6.07) is 12.0. The zero-order valence-corrected chi connectivity index (χ0v) is 17.2. The lowest BCUT2D eigenvalue weighted by Crippen LogP contribution is -2.28. The van der Waals surface area contributed by atoms with Gasteiger partial charge in [0.25, 0.3) is 5.88 Å². The maximum absolute atomic E-state index is 5.96. The molecule has 1 aliphatic heterocycles. The van der Waals surface area contributed by atoms with Gasteiger partial charge in [-0.3, -0.25) is 0 Å². The van der Waals surface area contributed by atoms with E-state index >= 15 is 0 Å². The number of aromatic nitrogens is 3. The number of nitrogen functional groups attached to an aromatic ring is 2. The molecule has 1 aliphatic rings. The molecule has 4 rings (SSSR count). The monoisotopic (exact) mass is 405 g/mol. The van der Waals surface area contributed by atoms with E-state index < -0.39 is 0 Å². The summed E-state index contributed by atoms with van der Waals surface area (Å²) >= 11 is 0. The highest BCUT2D eigenvalue weighted by Gasteiger charge is 2.13. The number of rotatable bonds is 5. The Bertz CT molecular complexity index is 993. The molecule has 8 nitrogen and oxygen atoms in total. The van der Waals surface area contributed by atoms with E-state index in [-0.39, 0.29) is 12.4 Å². The van der Waals surface area contributed by atoms with Gasteiger partial charge in [0.05, 0.1) is 11.9 Å². The highest BCUT2D eigenvalue weighted by Crippen LogP contribution is 2.26. The van der Waals surface area contributed by atoms with Crippen molar-refractivity contribution in [2.45, 2.75) is 13.0 Å². The Hall–Kier alpha value is -3.39. The highest BCUT2D eigenvalue weighted by molar-refractivity contribution is 5.64. The number of hydrogen-bond donors (Lipinski definition) is 2. The molecule has 4 N–H and O–H groups in total. The fraction of sp³-hybridized carbons (Fsp3) is 0.318. The summed E-state index contributed by atoms with van der Waals surface area (Å²) in [5, 5.41) is 0. The van der Waals surface area contributed by atoms with E-state index in [1.807, 2.05) is 6.07 Å². The molecule has 1 fully saturated rings. The first kappa shape index (κ1) is 19.9. The fourth-order valence-electron chi connectivity index (χ4n) is 3.51. The summed E-state index contributed by atoms with van der Waals surface area (Å²) in [5.41, 5.74) is 15.5. The zero-order chi connectivity index (χ0) is 20.9. The normalized spacial score (nSPS) is 15.0. The average Bonchev–Trinajstić information content (AvgIpc) is 2.98. The van der Waals surface area contributed by atoms with Gasteiger partial charge in [0, 0.05) is 37.1 Å². The molecule has 2 aromatic heterocycles. The number of nitrogens with zero attached hydrogens (tertiary/aromatic N) is 5. The van der Waals surface area contributed by atoms with Crippen molar-refractivity contribution in [2.75, 3.05) is 49.6 Å². The first-order valence-electron chi connectivity index (χ1n) is 10.1. The van der Waals surface area contributed by atoms with Crippen LogP contribution in [0.25, 0.3) is 11.3 Å². The first-order valence-corrected chi connectivity index (χ1v) is 10.1. The van der Waals surface area contributed by atoms with Crippen LogP contribution in [0.3, 0.4) is 0 Å². The molecule has 30 heavy (non-hydrogen) atoms. The highest BCUT2D eigenvalue weighted by atomic mass is 16.5. The molecule has 1 saturated heterocycles. The smallest absolute Gasteiger partial charge is 0.258 e. The number of ether oxygens (including phenoxy) is 1. The van der Waals surface area contributed by atoms with Crippen molar-refractivity contribution in [1.29, 1.82) is 0 Å². The molecule has 156 valence electrons. The van der Waals surface area contributed by atoms with Crippen LogP contribution in [0.2, 0.25) is 0 Å². The largest absolute Gasteiger partial charge is 0.470 e. The minimum Gasteiger partial charge on any atom is -0.470 e. The third-order valence-corrected chi connectivity index (χ3v) is 5.24. The predicted octanol–water partition coefficient (Wildman–Crippen LogP) is 2.42. The third-order valence-electron chi connectivity index (χ3n) is 5.24. The molecule has 0 bridgehead atoms. The summed E-state index contributed by atoms with van der Waals surface area (Å²) in [6.45, 7) is 4.62. The molecule has 0 spiro atoms. The fourth-order valence-corrected chi connectivity index (χ4v) is 3.51. The number of nitrogens with two attached hydrogens (primary N) is 2.